The van der Waals surface area contributed by atoms with Crippen LogP contribution in [-0.2, 0) is 19.6 Å². The van der Waals surface area contributed by atoms with Crippen LogP contribution in [-0.4, -0.2) is 37.0 Å². The molecule has 3 aromatic rings. The van der Waals surface area contributed by atoms with Gasteiger partial charge in [-0.2, -0.15) is 0 Å². The fourth-order valence-corrected chi connectivity index (χ4v) is 5.92. The van der Waals surface area contributed by atoms with Crippen molar-refractivity contribution < 1.29 is 27.5 Å². The SMILES string of the molecule is CCOC(=O)C1c2ccccc2C(=O)N(S(=O)(=O)c2ccc(C)cc2)C1c1cccc(C(C)=O)c1. The average molecular weight is 492 g/mol. The molecular weight excluding hydrogens is 466 g/mol. The van der Waals surface area contributed by atoms with E-state index in [0.717, 1.165) is 9.87 Å². The molecule has 0 aliphatic carbocycles. The third-order valence-corrected chi connectivity index (χ3v) is 7.83. The van der Waals surface area contributed by atoms with Crippen molar-refractivity contribution >= 4 is 27.7 Å². The van der Waals surface area contributed by atoms with Gasteiger partial charge in [0.05, 0.1) is 17.5 Å². The number of aryl methyl sites for hydroxylation is 1. The largest absolute Gasteiger partial charge is 0.465 e. The summed E-state index contributed by atoms with van der Waals surface area (Å²) in [5.41, 5.74) is 2.03. The van der Waals surface area contributed by atoms with Crippen LogP contribution in [0.15, 0.2) is 77.7 Å². The van der Waals surface area contributed by atoms with Gasteiger partial charge in [0.15, 0.2) is 5.78 Å². The maximum atomic E-state index is 13.9. The summed E-state index contributed by atoms with van der Waals surface area (Å²) in [4.78, 5) is 39.1. The molecule has 1 amide bonds. The van der Waals surface area contributed by atoms with Crippen molar-refractivity contribution in [3.63, 3.8) is 0 Å². The first kappa shape index (κ1) is 24.3. The Morgan fingerprint density at radius 2 is 1.66 bits per heavy atom. The van der Waals surface area contributed by atoms with Gasteiger partial charge in [-0.1, -0.05) is 54.1 Å². The number of hydrogen-bond acceptors (Lipinski definition) is 6. The molecule has 2 unspecified atom stereocenters. The maximum Gasteiger partial charge on any atom is 0.315 e. The second-order valence-corrected chi connectivity index (χ2v) is 10.2. The molecular formula is C27H25NO6S. The van der Waals surface area contributed by atoms with Gasteiger partial charge in [0.25, 0.3) is 15.9 Å². The number of nitrogens with zero attached hydrogens (tertiary/aromatic N) is 1. The normalized spacial score (nSPS) is 17.6. The van der Waals surface area contributed by atoms with E-state index >= 15 is 0 Å². The second kappa shape index (κ2) is 9.46. The Hall–Kier alpha value is -3.78. The van der Waals surface area contributed by atoms with Gasteiger partial charge in [-0.05, 0) is 56.2 Å². The predicted octanol–water partition coefficient (Wildman–Crippen LogP) is 4.43. The van der Waals surface area contributed by atoms with Crippen molar-refractivity contribution in [2.24, 2.45) is 0 Å². The Morgan fingerprint density at radius 1 is 0.971 bits per heavy atom. The van der Waals surface area contributed by atoms with E-state index in [1.807, 2.05) is 6.92 Å². The smallest absolute Gasteiger partial charge is 0.315 e. The lowest BCUT2D eigenvalue weighted by Crippen LogP contribution is -2.48. The summed E-state index contributed by atoms with van der Waals surface area (Å²) in [6, 6.07) is 17.7. The molecule has 3 aromatic carbocycles. The third kappa shape index (κ3) is 4.37. The van der Waals surface area contributed by atoms with Gasteiger partial charge in [0, 0.05) is 11.1 Å². The van der Waals surface area contributed by atoms with Gasteiger partial charge in [0.2, 0.25) is 0 Å². The molecule has 2 atom stereocenters. The number of sulfonamides is 1. The van der Waals surface area contributed by atoms with Crippen LogP contribution in [0.2, 0.25) is 0 Å². The Balaban J connectivity index is 2.02. The molecule has 0 saturated heterocycles. The zero-order chi connectivity index (χ0) is 25.3. The molecule has 0 aromatic heterocycles. The molecule has 1 aliphatic heterocycles. The van der Waals surface area contributed by atoms with Gasteiger partial charge >= 0.3 is 5.97 Å². The zero-order valence-corrected chi connectivity index (χ0v) is 20.4. The molecule has 1 heterocycles. The van der Waals surface area contributed by atoms with Crippen LogP contribution in [0.5, 0.6) is 0 Å². The van der Waals surface area contributed by atoms with Crippen LogP contribution in [0, 0.1) is 6.92 Å². The van der Waals surface area contributed by atoms with Crippen LogP contribution in [0.4, 0.5) is 0 Å². The molecule has 0 spiro atoms. The number of carbonyl (C=O) groups is 3. The molecule has 35 heavy (non-hydrogen) atoms. The number of Topliss-reactive ketones (excluding diaryl/α,β-unsaturated/α-hetero) is 1. The van der Waals surface area contributed by atoms with Crippen molar-refractivity contribution in [3.05, 3.63) is 101 Å². The Morgan fingerprint density at radius 3 is 2.31 bits per heavy atom. The number of ether oxygens (including phenoxy) is 1. The molecule has 0 radical (unpaired) electrons. The van der Waals surface area contributed by atoms with Gasteiger partial charge in [-0.3, -0.25) is 14.4 Å². The Labute approximate surface area is 204 Å². The topological polar surface area (TPSA) is 97.8 Å². The lowest BCUT2D eigenvalue weighted by atomic mass is 9.80. The number of hydrogen-bond donors (Lipinski definition) is 0. The first-order valence-electron chi connectivity index (χ1n) is 11.2. The van der Waals surface area contributed by atoms with Crippen LogP contribution in [0.3, 0.4) is 0 Å². The number of fused-ring (bicyclic) bond motifs is 1. The Bertz CT molecular complexity index is 1410. The second-order valence-electron chi connectivity index (χ2n) is 8.36. The van der Waals surface area contributed by atoms with E-state index in [0.29, 0.717) is 16.7 Å². The van der Waals surface area contributed by atoms with Crippen molar-refractivity contribution in [2.45, 2.75) is 37.6 Å². The molecule has 1 aliphatic rings. The van der Waals surface area contributed by atoms with Crippen molar-refractivity contribution in [1.82, 2.24) is 4.31 Å². The minimum Gasteiger partial charge on any atom is -0.465 e. The number of carbonyl (C=O) groups excluding carboxylic acids is 3. The highest BCUT2D eigenvalue weighted by Gasteiger charge is 2.50. The fourth-order valence-electron chi connectivity index (χ4n) is 4.35. The molecule has 0 bridgehead atoms. The monoisotopic (exact) mass is 491 g/mol. The maximum absolute atomic E-state index is 13.9. The number of amides is 1. The highest BCUT2D eigenvalue weighted by Crippen LogP contribution is 2.46. The van der Waals surface area contributed by atoms with Crippen molar-refractivity contribution in [3.8, 4) is 0 Å². The van der Waals surface area contributed by atoms with Gasteiger partial charge in [0.1, 0.15) is 5.92 Å². The summed E-state index contributed by atoms with van der Waals surface area (Å²) in [7, 11) is -4.39. The molecule has 180 valence electrons. The highest BCUT2D eigenvalue weighted by molar-refractivity contribution is 7.89. The lowest BCUT2D eigenvalue weighted by Gasteiger charge is -2.40. The molecule has 0 fully saturated rings. The van der Waals surface area contributed by atoms with Crippen molar-refractivity contribution in [1.29, 1.82) is 0 Å². The van der Waals surface area contributed by atoms with Gasteiger partial charge < -0.3 is 4.74 Å². The minimum absolute atomic E-state index is 0.0776. The summed E-state index contributed by atoms with van der Waals surface area (Å²) in [5, 5.41) is 0. The Kier molecular flexibility index (Phi) is 6.58. The average Bonchev–Trinajstić information content (AvgIpc) is 2.84. The van der Waals surface area contributed by atoms with Crippen molar-refractivity contribution in [2.75, 3.05) is 6.61 Å². The van der Waals surface area contributed by atoms with Crippen LogP contribution in [0.25, 0.3) is 0 Å². The van der Waals surface area contributed by atoms with E-state index in [2.05, 4.69) is 0 Å². The van der Waals surface area contributed by atoms with Crippen LogP contribution < -0.4 is 0 Å². The molecule has 8 heteroatoms. The van der Waals surface area contributed by atoms with Crippen LogP contribution in [0.1, 0.15) is 63.2 Å². The predicted molar refractivity (Wildman–Crippen MR) is 130 cm³/mol. The summed E-state index contributed by atoms with van der Waals surface area (Å²) in [6.07, 6.45) is 0. The molecule has 7 nitrogen and oxygen atoms in total. The van der Waals surface area contributed by atoms with E-state index < -0.39 is 33.9 Å². The molecule has 4 rings (SSSR count). The van der Waals surface area contributed by atoms with Crippen LogP contribution >= 0.6 is 0 Å². The quantitative estimate of drug-likeness (QED) is 0.374. The van der Waals surface area contributed by atoms with E-state index in [-0.39, 0.29) is 22.8 Å². The summed E-state index contributed by atoms with van der Waals surface area (Å²) >= 11 is 0. The first-order valence-corrected chi connectivity index (χ1v) is 12.6. The highest BCUT2D eigenvalue weighted by atomic mass is 32.2. The zero-order valence-electron chi connectivity index (χ0n) is 19.6. The molecule has 0 saturated carbocycles. The summed E-state index contributed by atoms with van der Waals surface area (Å²) < 4.78 is 34.0. The summed E-state index contributed by atoms with van der Waals surface area (Å²) in [6.45, 7) is 4.95. The molecule has 0 N–H and O–H groups in total. The van der Waals surface area contributed by atoms with E-state index in [1.54, 1.807) is 55.5 Å². The number of esters is 1. The minimum atomic E-state index is -4.39. The van der Waals surface area contributed by atoms with E-state index in [9.17, 15) is 22.8 Å². The van der Waals surface area contributed by atoms with Gasteiger partial charge in [-0.15, -0.1) is 0 Å². The fraction of sp³-hybridized carbons (Fsp3) is 0.222. The number of benzene rings is 3. The lowest BCUT2D eigenvalue weighted by molar-refractivity contribution is -0.146. The third-order valence-electron chi connectivity index (χ3n) is 6.05. The standard InChI is InChI=1S/C27H25NO6S/c1-4-34-27(31)24-22-10-5-6-11-23(22)26(30)28(35(32,33)21-14-12-17(2)13-15-21)25(24)20-9-7-8-19(16-20)18(3)29/h5-16,24-25H,4H2,1-3H3. The summed E-state index contributed by atoms with van der Waals surface area (Å²) in [5.74, 6) is -2.75. The van der Waals surface area contributed by atoms with Gasteiger partial charge in [-0.25, -0.2) is 12.7 Å². The first-order chi connectivity index (χ1) is 16.7. The number of rotatable bonds is 6. The number of ketones is 1. The van der Waals surface area contributed by atoms with E-state index in [1.165, 1.54) is 31.2 Å². The van der Waals surface area contributed by atoms with E-state index in [4.69, 9.17) is 4.74 Å².